The molecular formula is C13H17N5S. The molecule has 0 saturated heterocycles. The highest BCUT2D eigenvalue weighted by Gasteiger charge is 2.21. The fraction of sp³-hybridized carbons (Fsp3) is 0.538. The SMILES string of the molecule is Cc1nc(Cc2nc(N)nc(C3CCCC3)n2)cs1. The third-order valence-electron chi connectivity index (χ3n) is 3.44. The van der Waals surface area contributed by atoms with Gasteiger partial charge in [0.15, 0.2) is 0 Å². The van der Waals surface area contributed by atoms with Gasteiger partial charge in [0.1, 0.15) is 11.6 Å². The zero-order chi connectivity index (χ0) is 13.2. The number of anilines is 1. The maximum Gasteiger partial charge on any atom is 0.223 e. The van der Waals surface area contributed by atoms with Crippen molar-refractivity contribution >= 4 is 17.3 Å². The van der Waals surface area contributed by atoms with Crippen LogP contribution in [-0.2, 0) is 6.42 Å². The van der Waals surface area contributed by atoms with E-state index >= 15 is 0 Å². The van der Waals surface area contributed by atoms with E-state index in [1.54, 1.807) is 11.3 Å². The van der Waals surface area contributed by atoms with Gasteiger partial charge in [-0.25, -0.2) is 9.97 Å². The van der Waals surface area contributed by atoms with Crippen LogP contribution in [0.1, 0.15) is 54.0 Å². The first-order valence-corrected chi connectivity index (χ1v) is 7.50. The molecule has 3 rings (SSSR count). The van der Waals surface area contributed by atoms with Crippen molar-refractivity contribution in [2.45, 2.75) is 44.9 Å². The van der Waals surface area contributed by atoms with E-state index in [9.17, 15) is 0 Å². The van der Waals surface area contributed by atoms with Crippen LogP contribution in [0.3, 0.4) is 0 Å². The Morgan fingerprint density at radius 1 is 1.21 bits per heavy atom. The molecule has 2 N–H and O–H groups in total. The van der Waals surface area contributed by atoms with Crippen LogP contribution in [0.15, 0.2) is 5.38 Å². The largest absolute Gasteiger partial charge is 0.368 e. The Bertz CT molecular complexity index is 574. The van der Waals surface area contributed by atoms with E-state index in [1.165, 1.54) is 25.7 Å². The molecule has 0 spiro atoms. The second-order valence-electron chi connectivity index (χ2n) is 4.98. The number of nitrogens with zero attached hydrogens (tertiary/aromatic N) is 4. The summed E-state index contributed by atoms with van der Waals surface area (Å²) in [6, 6.07) is 0. The summed E-state index contributed by atoms with van der Waals surface area (Å²) < 4.78 is 0. The highest BCUT2D eigenvalue weighted by molar-refractivity contribution is 7.09. The summed E-state index contributed by atoms with van der Waals surface area (Å²) in [6.45, 7) is 2.00. The number of rotatable bonds is 3. The van der Waals surface area contributed by atoms with Gasteiger partial charge in [0.05, 0.1) is 17.1 Å². The number of aromatic nitrogens is 4. The minimum Gasteiger partial charge on any atom is -0.368 e. The van der Waals surface area contributed by atoms with Crippen molar-refractivity contribution in [2.75, 3.05) is 5.73 Å². The third kappa shape index (κ3) is 2.89. The number of hydrogen-bond acceptors (Lipinski definition) is 6. The van der Waals surface area contributed by atoms with E-state index in [-0.39, 0.29) is 0 Å². The van der Waals surface area contributed by atoms with E-state index in [1.807, 2.05) is 12.3 Å². The summed E-state index contributed by atoms with van der Waals surface area (Å²) in [6.07, 6.45) is 5.49. The molecule has 1 aliphatic rings. The number of thiazole rings is 1. The molecule has 2 aromatic heterocycles. The average molecular weight is 275 g/mol. The zero-order valence-electron chi connectivity index (χ0n) is 11.0. The van der Waals surface area contributed by atoms with Gasteiger partial charge >= 0.3 is 0 Å². The van der Waals surface area contributed by atoms with Crippen LogP contribution in [-0.4, -0.2) is 19.9 Å². The summed E-state index contributed by atoms with van der Waals surface area (Å²) in [7, 11) is 0. The molecule has 0 bridgehead atoms. The smallest absolute Gasteiger partial charge is 0.223 e. The first kappa shape index (κ1) is 12.5. The lowest BCUT2D eigenvalue weighted by atomic mass is 10.1. The highest BCUT2D eigenvalue weighted by Crippen LogP contribution is 2.32. The first-order valence-electron chi connectivity index (χ1n) is 6.62. The topological polar surface area (TPSA) is 77.6 Å². The molecule has 5 nitrogen and oxygen atoms in total. The standard InChI is InChI=1S/C13H17N5S/c1-8-15-10(7-19-8)6-11-16-12(18-13(14)17-11)9-4-2-3-5-9/h7,9H,2-6H2,1H3,(H2,14,16,17,18). The Labute approximate surface area is 116 Å². The van der Waals surface area contributed by atoms with Gasteiger partial charge in [0.2, 0.25) is 5.95 Å². The fourth-order valence-corrected chi connectivity index (χ4v) is 3.17. The lowest BCUT2D eigenvalue weighted by Gasteiger charge is -2.09. The monoisotopic (exact) mass is 275 g/mol. The second-order valence-corrected chi connectivity index (χ2v) is 6.05. The lowest BCUT2D eigenvalue weighted by Crippen LogP contribution is -2.10. The quantitative estimate of drug-likeness (QED) is 0.931. The van der Waals surface area contributed by atoms with Crippen LogP contribution in [0.25, 0.3) is 0 Å². The van der Waals surface area contributed by atoms with E-state index in [2.05, 4.69) is 19.9 Å². The maximum absolute atomic E-state index is 5.81. The van der Waals surface area contributed by atoms with Crippen LogP contribution in [0.2, 0.25) is 0 Å². The summed E-state index contributed by atoms with van der Waals surface area (Å²) in [4.78, 5) is 17.6. The van der Waals surface area contributed by atoms with Gasteiger partial charge in [-0.2, -0.15) is 9.97 Å². The lowest BCUT2D eigenvalue weighted by molar-refractivity contribution is 0.654. The Balaban J connectivity index is 1.84. The Morgan fingerprint density at radius 3 is 2.68 bits per heavy atom. The van der Waals surface area contributed by atoms with Crippen molar-refractivity contribution in [3.05, 3.63) is 27.7 Å². The Kier molecular flexibility index (Phi) is 3.42. The van der Waals surface area contributed by atoms with Crippen molar-refractivity contribution < 1.29 is 0 Å². The van der Waals surface area contributed by atoms with Gasteiger partial charge in [0.25, 0.3) is 0 Å². The number of aryl methyl sites for hydroxylation is 1. The second kappa shape index (κ2) is 5.21. The predicted molar refractivity (Wildman–Crippen MR) is 75.1 cm³/mol. The molecule has 6 heteroatoms. The van der Waals surface area contributed by atoms with Crippen LogP contribution in [0, 0.1) is 6.92 Å². The minimum atomic E-state index is 0.332. The predicted octanol–water partition coefficient (Wildman–Crippen LogP) is 2.47. The van der Waals surface area contributed by atoms with Gasteiger partial charge in [0, 0.05) is 11.3 Å². The van der Waals surface area contributed by atoms with E-state index in [0.29, 0.717) is 18.3 Å². The molecular weight excluding hydrogens is 258 g/mol. The molecule has 19 heavy (non-hydrogen) atoms. The third-order valence-corrected chi connectivity index (χ3v) is 4.26. The maximum atomic E-state index is 5.81. The molecule has 2 heterocycles. The molecule has 0 radical (unpaired) electrons. The summed E-state index contributed by atoms with van der Waals surface area (Å²) in [5.41, 5.74) is 6.81. The van der Waals surface area contributed by atoms with Crippen LogP contribution in [0.5, 0.6) is 0 Å². The van der Waals surface area contributed by atoms with Crippen LogP contribution >= 0.6 is 11.3 Å². The van der Waals surface area contributed by atoms with Gasteiger partial charge in [-0.1, -0.05) is 12.8 Å². The molecule has 1 fully saturated rings. The molecule has 0 unspecified atom stereocenters. The summed E-state index contributed by atoms with van der Waals surface area (Å²) in [5.74, 6) is 2.40. The molecule has 2 aromatic rings. The van der Waals surface area contributed by atoms with Gasteiger partial charge in [-0.3, -0.25) is 0 Å². The summed E-state index contributed by atoms with van der Waals surface area (Å²) in [5, 5.41) is 3.11. The minimum absolute atomic E-state index is 0.332. The van der Waals surface area contributed by atoms with Gasteiger partial charge in [-0.15, -0.1) is 11.3 Å². The molecule has 100 valence electrons. The van der Waals surface area contributed by atoms with Crippen molar-refractivity contribution in [1.82, 2.24) is 19.9 Å². The van der Waals surface area contributed by atoms with Crippen molar-refractivity contribution in [3.8, 4) is 0 Å². The Morgan fingerprint density at radius 2 is 2.00 bits per heavy atom. The van der Waals surface area contributed by atoms with Crippen LogP contribution < -0.4 is 5.73 Å². The van der Waals surface area contributed by atoms with Crippen molar-refractivity contribution in [2.24, 2.45) is 0 Å². The fourth-order valence-electron chi connectivity index (χ4n) is 2.55. The molecule has 1 saturated carbocycles. The van der Waals surface area contributed by atoms with Crippen molar-refractivity contribution in [3.63, 3.8) is 0 Å². The first-order chi connectivity index (χ1) is 9.20. The van der Waals surface area contributed by atoms with Crippen LogP contribution in [0.4, 0.5) is 5.95 Å². The number of nitrogens with two attached hydrogens (primary N) is 1. The number of hydrogen-bond donors (Lipinski definition) is 1. The highest BCUT2D eigenvalue weighted by atomic mass is 32.1. The molecule has 0 atom stereocenters. The van der Waals surface area contributed by atoms with E-state index in [0.717, 1.165) is 22.4 Å². The van der Waals surface area contributed by atoms with Crippen molar-refractivity contribution in [1.29, 1.82) is 0 Å². The molecule has 0 amide bonds. The van der Waals surface area contributed by atoms with Gasteiger partial charge < -0.3 is 5.73 Å². The number of nitrogen functional groups attached to an aromatic ring is 1. The molecule has 1 aliphatic carbocycles. The summed E-state index contributed by atoms with van der Waals surface area (Å²) >= 11 is 1.64. The zero-order valence-corrected chi connectivity index (χ0v) is 11.8. The van der Waals surface area contributed by atoms with E-state index in [4.69, 9.17) is 5.73 Å². The molecule has 0 aromatic carbocycles. The normalized spacial score (nSPS) is 16.1. The molecule has 0 aliphatic heterocycles. The average Bonchev–Trinajstić information content (AvgIpc) is 3.00. The van der Waals surface area contributed by atoms with Gasteiger partial charge in [-0.05, 0) is 19.8 Å². The Hall–Kier alpha value is -1.56. The van der Waals surface area contributed by atoms with E-state index < -0.39 is 0 Å².